The molecule has 0 aliphatic rings. The molecule has 0 heterocycles. The van der Waals surface area contributed by atoms with Crippen molar-refractivity contribution < 1.29 is 21.6 Å². The van der Waals surface area contributed by atoms with Crippen LogP contribution >= 0.6 is 0 Å². The topological polar surface area (TPSA) is 75.4 Å². The molecule has 1 aromatic carbocycles. The normalized spacial score (nSPS) is 13.6. The van der Waals surface area contributed by atoms with Gasteiger partial charge in [0.2, 0.25) is 10.0 Å². The Labute approximate surface area is 158 Å². The van der Waals surface area contributed by atoms with Crippen molar-refractivity contribution in [2.24, 2.45) is 11.1 Å². The van der Waals surface area contributed by atoms with Gasteiger partial charge in [-0.1, -0.05) is 26.0 Å². The standard InChI is InChI=1S/C18H26F3N3O2S/c1-5-9-24(10-6-2)17(13(3)4)12-23-16-8-7-14(27(22,25)26)11-15(16)18(19,20)21/h5-8,11,13,17,23H,1-2,9-10,12H2,3-4H3,(H2,22,25,26). The van der Waals surface area contributed by atoms with Crippen LogP contribution < -0.4 is 10.5 Å². The first kappa shape index (κ1) is 23.2. The third-order valence-corrected chi connectivity index (χ3v) is 5.00. The van der Waals surface area contributed by atoms with E-state index in [4.69, 9.17) is 5.14 Å². The summed E-state index contributed by atoms with van der Waals surface area (Å²) in [6, 6.07) is 2.61. The van der Waals surface area contributed by atoms with Gasteiger partial charge >= 0.3 is 6.18 Å². The molecule has 0 aliphatic carbocycles. The van der Waals surface area contributed by atoms with Crippen LogP contribution in [-0.2, 0) is 16.2 Å². The molecule has 27 heavy (non-hydrogen) atoms. The number of halogens is 3. The second-order valence-electron chi connectivity index (χ2n) is 6.47. The first-order valence-corrected chi connectivity index (χ1v) is 9.90. The highest BCUT2D eigenvalue weighted by atomic mass is 32.2. The molecule has 0 spiro atoms. The lowest BCUT2D eigenvalue weighted by molar-refractivity contribution is -0.137. The van der Waals surface area contributed by atoms with E-state index in [2.05, 4.69) is 18.5 Å². The second kappa shape index (κ2) is 9.38. The van der Waals surface area contributed by atoms with Crippen LogP contribution in [0.25, 0.3) is 0 Å². The van der Waals surface area contributed by atoms with Crippen LogP contribution in [0.2, 0.25) is 0 Å². The number of primary sulfonamides is 1. The number of nitrogens with two attached hydrogens (primary N) is 1. The maximum atomic E-state index is 13.4. The Bertz CT molecular complexity index is 752. The molecule has 0 fully saturated rings. The van der Waals surface area contributed by atoms with Crippen molar-refractivity contribution in [2.45, 2.75) is 31.0 Å². The van der Waals surface area contributed by atoms with E-state index in [1.165, 1.54) is 0 Å². The molecule has 1 aromatic rings. The summed E-state index contributed by atoms with van der Waals surface area (Å²) in [6.45, 7) is 12.7. The predicted molar refractivity (Wildman–Crippen MR) is 102 cm³/mol. The summed E-state index contributed by atoms with van der Waals surface area (Å²) in [5, 5.41) is 7.76. The molecule has 1 unspecified atom stereocenters. The highest BCUT2D eigenvalue weighted by Gasteiger charge is 2.35. The minimum absolute atomic E-state index is 0.0833. The molecule has 152 valence electrons. The fourth-order valence-electron chi connectivity index (χ4n) is 2.77. The number of hydrogen-bond donors (Lipinski definition) is 2. The van der Waals surface area contributed by atoms with E-state index < -0.39 is 26.7 Å². The van der Waals surface area contributed by atoms with Gasteiger partial charge in [0.05, 0.1) is 10.5 Å². The van der Waals surface area contributed by atoms with Gasteiger partial charge in [-0.25, -0.2) is 13.6 Å². The van der Waals surface area contributed by atoms with Gasteiger partial charge in [0.15, 0.2) is 0 Å². The summed E-state index contributed by atoms with van der Waals surface area (Å²) in [5.74, 6) is 0.149. The van der Waals surface area contributed by atoms with Crippen molar-refractivity contribution in [3.05, 3.63) is 49.1 Å². The SMILES string of the molecule is C=CCN(CC=C)C(CNc1ccc(S(N)(=O)=O)cc1C(F)(F)F)C(C)C. The maximum Gasteiger partial charge on any atom is 0.418 e. The number of hydrogen-bond acceptors (Lipinski definition) is 4. The third-order valence-electron chi connectivity index (χ3n) is 4.09. The third kappa shape index (κ3) is 6.67. The number of alkyl halides is 3. The summed E-state index contributed by atoms with van der Waals surface area (Å²) in [5.41, 5.74) is -1.27. The minimum atomic E-state index is -4.72. The van der Waals surface area contributed by atoms with E-state index in [-0.39, 0.29) is 24.2 Å². The van der Waals surface area contributed by atoms with Crippen molar-refractivity contribution in [3.63, 3.8) is 0 Å². The molecule has 0 aromatic heterocycles. The average Bonchev–Trinajstić information content (AvgIpc) is 2.53. The van der Waals surface area contributed by atoms with Gasteiger partial charge in [-0.05, 0) is 24.1 Å². The van der Waals surface area contributed by atoms with Crippen LogP contribution in [0, 0.1) is 5.92 Å². The van der Waals surface area contributed by atoms with Crippen molar-refractivity contribution >= 4 is 15.7 Å². The Morgan fingerprint density at radius 1 is 1.22 bits per heavy atom. The van der Waals surface area contributed by atoms with Gasteiger partial charge < -0.3 is 5.32 Å². The maximum absolute atomic E-state index is 13.4. The number of sulfonamides is 1. The first-order valence-electron chi connectivity index (χ1n) is 8.35. The lowest BCUT2D eigenvalue weighted by Crippen LogP contribution is -2.44. The molecule has 0 amide bonds. The van der Waals surface area contributed by atoms with Crippen LogP contribution in [0.3, 0.4) is 0 Å². The Balaban J connectivity index is 3.18. The first-order chi connectivity index (χ1) is 12.4. The van der Waals surface area contributed by atoms with E-state index in [1.807, 2.05) is 18.7 Å². The zero-order valence-corrected chi connectivity index (χ0v) is 16.3. The summed E-state index contributed by atoms with van der Waals surface area (Å²) in [4.78, 5) is 1.46. The van der Waals surface area contributed by atoms with E-state index in [1.54, 1.807) is 12.2 Å². The number of benzene rings is 1. The van der Waals surface area contributed by atoms with Gasteiger partial charge in [0, 0.05) is 31.4 Å². The molecular formula is C18H26F3N3O2S. The minimum Gasteiger partial charge on any atom is -0.383 e. The zero-order valence-electron chi connectivity index (χ0n) is 15.5. The van der Waals surface area contributed by atoms with Gasteiger partial charge in [-0.15, -0.1) is 13.2 Å². The monoisotopic (exact) mass is 405 g/mol. The molecule has 0 bridgehead atoms. The highest BCUT2D eigenvalue weighted by molar-refractivity contribution is 7.89. The molecule has 1 atom stereocenters. The molecule has 0 saturated carbocycles. The fraction of sp³-hybridized carbons (Fsp3) is 0.444. The van der Waals surface area contributed by atoms with Crippen LogP contribution in [0.15, 0.2) is 48.4 Å². The Morgan fingerprint density at radius 3 is 2.19 bits per heavy atom. The molecule has 3 N–H and O–H groups in total. The highest BCUT2D eigenvalue weighted by Crippen LogP contribution is 2.36. The van der Waals surface area contributed by atoms with E-state index in [0.29, 0.717) is 19.2 Å². The zero-order chi connectivity index (χ0) is 20.8. The van der Waals surface area contributed by atoms with Crippen molar-refractivity contribution in [3.8, 4) is 0 Å². The van der Waals surface area contributed by atoms with Gasteiger partial charge in [0.25, 0.3) is 0 Å². The van der Waals surface area contributed by atoms with Gasteiger partial charge in [-0.3, -0.25) is 4.90 Å². The number of rotatable bonds is 10. The summed E-state index contributed by atoms with van der Waals surface area (Å²) >= 11 is 0. The molecule has 0 radical (unpaired) electrons. The Hall–Kier alpha value is -1.84. The molecular weight excluding hydrogens is 379 g/mol. The van der Waals surface area contributed by atoms with E-state index in [9.17, 15) is 21.6 Å². The lowest BCUT2D eigenvalue weighted by atomic mass is 10.0. The van der Waals surface area contributed by atoms with Gasteiger partial charge in [-0.2, -0.15) is 13.2 Å². The molecule has 9 heteroatoms. The van der Waals surface area contributed by atoms with Crippen LogP contribution in [0.1, 0.15) is 19.4 Å². The number of anilines is 1. The molecule has 5 nitrogen and oxygen atoms in total. The predicted octanol–water partition coefficient (Wildman–Crippen LogP) is 3.46. The number of nitrogens with zero attached hydrogens (tertiary/aromatic N) is 1. The lowest BCUT2D eigenvalue weighted by Gasteiger charge is -2.33. The second-order valence-corrected chi connectivity index (χ2v) is 8.04. The molecule has 0 saturated heterocycles. The van der Waals surface area contributed by atoms with E-state index in [0.717, 1.165) is 12.1 Å². The summed E-state index contributed by atoms with van der Waals surface area (Å²) in [6.07, 6.45) is -1.28. The van der Waals surface area contributed by atoms with Crippen molar-refractivity contribution in [1.82, 2.24) is 4.90 Å². The van der Waals surface area contributed by atoms with Crippen LogP contribution in [0.5, 0.6) is 0 Å². The Morgan fingerprint density at radius 2 is 1.78 bits per heavy atom. The molecule has 0 aliphatic heterocycles. The Kier molecular flexibility index (Phi) is 8.06. The summed E-state index contributed by atoms with van der Waals surface area (Å²) in [7, 11) is -4.23. The van der Waals surface area contributed by atoms with Crippen LogP contribution in [-0.4, -0.2) is 39.0 Å². The van der Waals surface area contributed by atoms with Crippen molar-refractivity contribution in [2.75, 3.05) is 25.0 Å². The average molecular weight is 405 g/mol. The smallest absolute Gasteiger partial charge is 0.383 e. The fourth-order valence-corrected chi connectivity index (χ4v) is 3.31. The largest absolute Gasteiger partial charge is 0.418 e. The van der Waals surface area contributed by atoms with Crippen LogP contribution in [0.4, 0.5) is 18.9 Å². The van der Waals surface area contributed by atoms with Gasteiger partial charge in [0.1, 0.15) is 0 Å². The quantitative estimate of drug-likeness (QED) is 0.585. The van der Waals surface area contributed by atoms with Crippen molar-refractivity contribution in [1.29, 1.82) is 0 Å². The summed E-state index contributed by atoms with van der Waals surface area (Å²) < 4.78 is 62.9. The number of nitrogens with one attached hydrogen (secondary N) is 1. The van der Waals surface area contributed by atoms with E-state index >= 15 is 0 Å². The molecule has 1 rings (SSSR count).